The highest BCUT2D eigenvalue weighted by Crippen LogP contribution is 2.30. The maximum absolute atomic E-state index is 12.4. The molecule has 4 aromatic rings. The number of benzene rings is 2. The lowest BCUT2D eigenvalue weighted by Crippen LogP contribution is -2.32. The fraction of sp³-hybridized carbons (Fsp3) is 0.286. The van der Waals surface area contributed by atoms with Crippen molar-refractivity contribution in [1.29, 1.82) is 0 Å². The van der Waals surface area contributed by atoms with Crippen molar-refractivity contribution in [1.82, 2.24) is 20.3 Å². The lowest BCUT2D eigenvalue weighted by atomic mass is 9.97. The molecule has 186 valence electrons. The van der Waals surface area contributed by atoms with Gasteiger partial charge in [-0.05, 0) is 66.4 Å². The van der Waals surface area contributed by atoms with E-state index >= 15 is 0 Å². The van der Waals surface area contributed by atoms with E-state index in [0.29, 0.717) is 23.7 Å². The van der Waals surface area contributed by atoms with Crippen LogP contribution in [0.15, 0.2) is 61.1 Å². The molecule has 0 saturated carbocycles. The number of pyridine rings is 1. The molecule has 4 rings (SSSR count). The largest absolute Gasteiger partial charge is 0.457 e. The average Bonchev–Trinajstić information content (AvgIpc) is 2.84. The summed E-state index contributed by atoms with van der Waals surface area (Å²) in [5.74, 6) is 2.85. The van der Waals surface area contributed by atoms with Crippen LogP contribution < -0.4 is 20.3 Å². The molecule has 8 heteroatoms. The lowest BCUT2D eigenvalue weighted by Gasteiger charge is -2.18. The van der Waals surface area contributed by atoms with Gasteiger partial charge in [0.2, 0.25) is 0 Å². The molecule has 0 radical (unpaired) electrons. The van der Waals surface area contributed by atoms with E-state index in [2.05, 4.69) is 46.4 Å². The molecule has 0 aliphatic carbocycles. The Kier molecular flexibility index (Phi) is 7.05. The van der Waals surface area contributed by atoms with Gasteiger partial charge in [0.15, 0.2) is 0 Å². The predicted octanol–water partition coefficient (Wildman–Crippen LogP) is 5.71. The molecule has 0 atom stereocenters. The molecule has 1 amide bonds. The summed E-state index contributed by atoms with van der Waals surface area (Å²) in [5, 5.41) is 7.24. The Morgan fingerprint density at radius 2 is 1.75 bits per heavy atom. The number of hydrogen-bond donors (Lipinski definition) is 2. The zero-order valence-electron chi connectivity index (χ0n) is 21.6. The van der Waals surface area contributed by atoms with Gasteiger partial charge in [-0.15, -0.1) is 0 Å². The van der Waals surface area contributed by atoms with E-state index in [1.165, 1.54) is 6.33 Å². The number of nitrogens with one attached hydrogen (secondary N) is 2. The summed E-state index contributed by atoms with van der Waals surface area (Å²) in [6, 6.07) is 15.0. The number of hydrogen-bond acceptors (Lipinski definition) is 7. The van der Waals surface area contributed by atoms with Gasteiger partial charge in [-0.2, -0.15) is 0 Å². The normalized spacial score (nSPS) is 11.3. The number of nitrogens with zero attached hydrogens (tertiary/aromatic N) is 4. The topological polar surface area (TPSA) is 92.3 Å². The third-order valence-electron chi connectivity index (χ3n) is 5.53. The summed E-state index contributed by atoms with van der Waals surface area (Å²) >= 11 is 0. The van der Waals surface area contributed by atoms with Crippen LogP contribution >= 0.6 is 0 Å². The summed E-state index contributed by atoms with van der Waals surface area (Å²) in [7, 11) is 3.89. The maximum atomic E-state index is 12.4. The highest BCUT2D eigenvalue weighted by Gasteiger charge is 2.13. The molecular formula is C28H32N6O2. The number of fused-ring (bicyclic) bond motifs is 1. The Balaban J connectivity index is 1.46. The monoisotopic (exact) mass is 484 g/mol. The molecule has 2 heterocycles. The van der Waals surface area contributed by atoms with E-state index in [1.54, 1.807) is 30.5 Å². The van der Waals surface area contributed by atoms with Crippen LogP contribution in [0, 0.1) is 12.3 Å². The van der Waals surface area contributed by atoms with E-state index in [9.17, 15) is 4.79 Å². The Morgan fingerprint density at radius 3 is 2.42 bits per heavy atom. The number of anilines is 3. The van der Waals surface area contributed by atoms with Crippen LogP contribution in [0.1, 0.15) is 36.7 Å². The summed E-state index contributed by atoms with van der Waals surface area (Å²) in [5.41, 5.74) is 3.25. The lowest BCUT2D eigenvalue weighted by molar-refractivity contribution is 0.0939. The first kappa shape index (κ1) is 24.9. The van der Waals surface area contributed by atoms with Crippen molar-refractivity contribution < 1.29 is 9.53 Å². The molecule has 0 saturated heterocycles. The maximum Gasteiger partial charge on any atom is 0.251 e. The van der Waals surface area contributed by atoms with E-state index < -0.39 is 0 Å². The Morgan fingerprint density at radius 1 is 1.00 bits per heavy atom. The van der Waals surface area contributed by atoms with Crippen LogP contribution in [-0.4, -0.2) is 41.5 Å². The summed E-state index contributed by atoms with van der Waals surface area (Å²) in [6.07, 6.45) is 3.28. The van der Waals surface area contributed by atoms with Crippen LogP contribution in [0.5, 0.6) is 11.5 Å². The Labute approximate surface area is 211 Å². The Bertz CT molecular complexity index is 1380. The second kappa shape index (κ2) is 10.2. The minimum Gasteiger partial charge on any atom is -0.457 e. The molecule has 0 unspecified atom stereocenters. The second-order valence-electron chi connectivity index (χ2n) is 10.2. The van der Waals surface area contributed by atoms with Gasteiger partial charge in [0, 0.05) is 37.3 Å². The third kappa shape index (κ3) is 6.07. The molecule has 0 bridgehead atoms. The number of amides is 1. The zero-order valence-corrected chi connectivity index (χ0v) is 21.6. The highest BCUT2D eigenvalue weighted by atomic mass is 16.5. The van der Waals surface area contributed by atoms with E-state index in [0.717, 1.165) is 33.7 Å². The van der Waals surface area contributed by atoms with Crippen molar-refractivity contribution in [3.05, 3.63) is 72.2 Å². The van der Waals surface area contributed by atoms with E-state index in [4.69, 9.17) is 4.74 Å². The summed E-state index contributed by atoms with van der Waals surface area (Å²) in [4.78, 5) is 27.5. The van der Waals surface area contributed by atoms with Crippen LogP contribution in [0.3, 0.4) is 0 Å². The van der Waals surface area contributed by atoms with Crippen LogP contribution in [0.4, 0.5) is 17.3 Å². The molecule has 2 aromatic heterocycles. The van der Waals surface area contributed by atoms with E-state index in [1.807, 2.05) is 50.2 Å². The molecule has 2 aromatic carbocycles. The molecule has 8 nitrogen and oxygen atoms in total. The van der Waals surface area contributed by atoms with Gasteiger partial charge in [0.05, 0.1) is 11.7 Å². The van der Waals surface area contributed by atoms with Gasteiger partial charge in [-0.3, -0.25) is 4.79 Å². The molecule has 36 heavy (non-hydrogen) atoms. The van der Waals surface area contributed by atoms with Crippen molar-refractivity contribution in [3.63, 3.8) is 0 Å². The van der Waals surface area contributed by atoms with Crippen LogP contribution in [-0.2, 0) is 0 Å². The number of carbonyl (C=O) groups excluding carboxylic acids is 1. The number of aromatic nitrogens is 3. The summed E-state index contributed by atoms with van der Waals surface area (Å²) < 4.78 is 6.08. The third-order valence-corrected chi connectivity index (χ3v) is 5.53. The molecule has 0 aliphatic rings. The van der Waals surface area contributed by atoms with Crippen molar-refractivity contribution in [2.45, 2.75) is 27.7 Å². The van der Waals surface area contributed by atoms with Crippen molar-refractivity contribution in [3.8, 4) is 11.5 Å². The smallest absolute Gasteiger partial charge is 0.251 e. The SMILES string of the molecule is Cc1cc(Nc2ncnc3cnc(N(C)C)cc23)ccc1Oc1ccc(C(=O)NCC(C)(C)C)cc1. The van der Waals surface area contributed by atoms with Gasteiger partial charge >= 0.3 is 0 Å². The van der Waals surface area contributed by atoms with Crippen molar-refractivity contribution >= 4 is 34.1 Å². The first-order chi connectivity index (χ1) is 17.1. The number of aryl methyl sites for hydroxylation is 1. The predicted molar refractivity (Wildman–Crippen MR) is 144 cm³/mol. The second-order valence-corrected chi connectivity index (χ2v) is 10.2. The number of ether oxygens (including phenoxy) is 1. The first-order valence-electron chi connectivity index (χ1n) is 11.8. The van der Waals surface area contributed by atoms with Gasteiger partial charge in [-0.25, -0.2) is 15.0 Å². The summed E-state index contributed by atoms with van der Waals surface area (Å²) in [6.45, 7) is 8.85. The molecule has 0 spiro atoms. The van der Waals surface area contributed by atoms with Gasteiger partial charge in [0.25, 0.3) is 5.91 Å². The quantitative estimate of drug-likeness (QED) is 0.347. The van der Waals surface area contributed by atoms with Gasteiger partial charge < -0.3 is 20.3 Å². The molecule has 2 N–H and O–H groups in total. The van der Waals surface area contributed by atoms with E-state index in [-0.39, 0.29) is 11.3 Å². The van der Waals surface area contributed by atoms with Crippen LogP contribution in [0.2, 0.25) is 0 Å². The van der Waals surface area contributed by atoms with Gasteiger partial charge in [0.1, 0.15) is 29.5 Å². The average molecular weight is 485 g/mol. The number of carbonyl (C=O) groups is 1. The Hall–Kier alpha value is -4.20. The molecule has 0 aliphatic heterocycles. The standard InChI is InChI=1S/C28H32N6O2/c1-18-13-20(33-26-22-14-25(34(5)6)29-15-23(22)31-17-32-26)9-12-24(18)36-21-10-7-19(8-11-21)27(35)30-16-28(2,3)4/h7-15,17H,16H2,1-6H3,(H,30,35)(H,31,32,33). The molecular weight excluding hydrogens is 452 g/mol. The minimum absolute atomic E-state index is 0.0319. The fourth-order valence-corrected chi connectivity index (χ4v) is 3.52. The van der Waals surface area contributed by atoms with Crippen molar-refractivity contribution in [2.75, 3.05) is 30.9 Å². The minimum atomic E-state index is -0.0891. The van der Waals surface area contributed by atoms with Crippen LogP contribution in [0.25, 0.3) is 10.9 Å². The van der Waals surface area contributed by atoms with Crippen molar-refractivity contribution in [2.24, 2.45) is 5.41 Å². The highest BCUT2D eigenvalue weighted by molar-refractivity contribution is 5.94. The number of rotatable bonds is 7. The van der Waals surface area contributed by atoms with Gasteiger partial charge in [-0.1, -0.05) is 20.8 Å². The fourth-order valence-electron chi connectivity index (χ4n) is 3.52. The molecule has 0 fully saturated rings. The zero-order chi connectivity index (χ0) is 25.9. The first-order valence-corrected chi connectivity index (χ1v) is 11.8.